The Morgan fingerprint density at radius 1 is 1.28 bits per heavy atom. The van der Waals surface area contributed by atoms with Crippen molar-refractivity contribution in [2.24, 2.45) is 0 Å². The molecule has 0 N–H and O–H groups in total. The zero-order valence-corrected chi connectivity index (χ0v) is 22.2. The van der Waals surface area contributed by atoms with Gasteiger partial charge >= 0.3 is 0 Å². The van der Waals surface area contributed by atoms with E-state index in [4.69, 9.17) is 38.4 Å². The highest BCUT2D eigenvalue weighted by molar-refractivity contribution is 8.26. The minimum absolute atomic E-state index is 0.0406. The number of thioether (sulfide) groups is 1. The molecule has 0 aliphatic carbocycles. The molecule has 2 aliphatic rings. The Morgan fingerprint density at radius 3 is 2.83 bits per heavy atom. The smallest absolute Gasteiger partial charge is 0.266 e. The molecule has 3 heterocycles. The number of rotatable bonds is 8. The predicted octanol–water partition coefficient (Wildman–Crippen LogP) is 6.36. The number of thiocarbonyl (C=S) groups is 1. The van der Waals surface area contributed by atoms with E-state index in [2.05, 4.69) is 0 Å². The molecule has 3 aromatic rings. The van der Waals surface area contributed by atoms with Gasteiger partial charge in [0.1, 0.15) is 15.8 Å². The molecule has 6 nitrogen and oxygen atoms in total. The second-order valence-corrected chi connectivity index (χ2v) is 10.7. The van der Waals surface area contributed by atoms with Gasteiger partial charge in [-0.15, -0.1) is 0 Å². The van der Waals surface area contributed by atoms with Crippen LogP contribution >= 0.6 is 35.6 Å². The van der Waals surface area contributed by atoms with Crippen molar-refractivity contribution in [2.75, 3.05) is 19.8 Å². The van der Waals surface area contributed by atoms with Crippen LogP contribution in [0.15, 0.2) is 59.6 Å². The first-order valence-electron chi connectivity index (χ1n) is 12.0. The Morgan fingerprint density at radius 2 is 2.11 bits per heavy atom. The Labute approximate surface area is 225 Å². The molecule has 36 heavy (non-hydrogen) atoms. The fourth-order valence-corrected chi connectivity index (χ4v) is 5.70. The van der Waals surface area contributed by atoms with Gasteiger partial charge in [0, 0.05) is 23.9 Å². The van der Waals surface area contributed by atoms with Crippen LogP contribution in [0.25, 0.3) is 23.0 Å². The predicted molar refractivity (Wildman–Crippen MR) is 149 cm³/mol. The van der Waals surface area contributed by atoms with E-state index in [1.165, 1.54) is 11.8 Å². The van der Waals surface area contributed by atoms with Crippen LogP contribution in [0.5, 0.6) is 5.75 Å². The zero-order chi connectivity index (χ0) is 25.1. The number of benzene rings is 2. The Balaban J connectivity index is 1.50. The first-order valence-corrected chi connectivity index (χ1v) is 13.6. The SMILES string of the molecule is CCCOc1ccc(-c2nn(-c3ccccc3)cc2/C=C2\SC(=S)N(CC3CCCO3)C2=O)cc1Cl. The monoisotopic (exact) mass is 539 g/mol. The van der Waals surface area contributed by atoms with E-state index in [0.29, 0.717) is 38.8 Å². The Hall–Kier alpha value is -2.65. The highest BCUT2D eigenvalue weighted by Gasteiger charge is 2.35. The summed E-state index contributed by atoms with van der Waals surface area (Å²) in [7, 11) is 0. The van der Waals surface area contributed by atoms with Gasteiger partial charge in [-0.25, -0.2) is 4.68 Å². The lowest BCUT2D eigenvalue weighted by Crippen LogP contribution is -2.35. The summed E-state index contributed by atoms with van der Waals surface area (Å²) in [5.41, 5.74) is 3.26. The number of amides is 1. The van der Waals surface area contributed by atoms with Crippen LogP contribution < -0.4 is 4.74 Å². The number of carbonyl (C=O) groups excluding carboxylic acids is 1. The van der Waals surface area contributed by atoms with Gasteiger partial charge in [-0.05, 0) is 55.7 Å². The average molecular weight is 540 g/mol. The van der Waals surface area contributed by atoms with E-state index in [1.807, 2.05) is 72.4 Å². The van der Waals surface area contributed by atoms with Crippen LogP contribution in [0, 0.1) is 0 Å². The summed E-state index contributed by atoms with van der Waals surface area (Å²) in [5.74, 6) is 0.543. The normalized spacial score (nSPS) is 19.0. The molecule has 0 radical (unpaired) electrons. The van der Waals surface area contributed by atoms with E-state index < -0.39 is 0 Å². The maximum atomic E-state index is 13.3. The van der Waals surface area contributed by atoms with Gasteiger partial charge in [0.15, 0.2) is 0 Å². The van der Waals surface area contributed by atoms with Crippen molar-refractivity contribution in [2.45, 2.75) is 32.3 Å². The van der Waals surface area contributed by atoms with Gasteiger partial charge < -0.3 is 9.47 Å². The molecule has 2 fully saturated rings. The summed E-state index contributed by atoms with van der Waals surface area (Å²) in [5, 5.41) is 5.38. The van der Waals surface area contributed by atoms with E-state index in [1.54, 1.807) is 4.90 Å². The lowest BCUT2D eigenvalue weighted by atomic mass is 10.1. The summed E-state index contributed by atoms with van der Waals surface area (Å²) < 4.78 is 13.8. The molecule has 0 spiro atoms. The van der Waals surface area contributed by atoms with E-state index in [0.717, 1.165) is 42.7 Å². The first-order chi connectivity index (χ1) is 17.5. The average Bonchev–Trinajstić information content (AvgIpc) is 3.61. The lowest BCUT2D eigenvalue weighted by molar-refractivity contribution is -0.123. The fourth-order valence-electron chi connectivity index (χ4n) is 4.20. The largest absolute Gasteiger partial charge is 0.492 e. The molecule has 1 atom stereocenters. The highest BCUT2D eigenvalue weighted by atomic mass is 35.5. The number of hydrogen-bond acceptors (Lipinski definition) is 6. The second-order valence-electron chi connectivity index (χ2n) is 8.63. The van der Waals surface area contributed by atoms with Crippen LogP contribution in [0.3, 0.4) is 0 Å². The molecule has 0 saturated carbocycles. The number of para-hydroxylation sites is 1. The van der Waals surface area contributed by atoms with Gasteiger partial charge in [-0.1, -0.05) is 60.7 Å². The molecule has 2 aromatic carbocycles. The Kier molecular flexibility index (Phi) is 7.76. The summed E-state index contributed by atoms with van der Waals surface area (Å²) in [6, 6.07) is 15.5. The number of hydrogen-bond donors (Lipinski definition) is 0. The quantitative estimate of drug-likeness (QED) is 0.245. The van der Waals surface area contributed by atoms with Crippen LogP contribution in [-0.4, -0.2) is 50.8 Å². The first kappa shape index (κ1) is 25.0. The summed E-state index contributed by atoms with van der Waals surface area (Å²) in [4.78, 5) is 15.5. The molecule has 0 bridgehead atoms. The molecular formula is C27H26ClN3O3S2. The third-order valence-electron chi connectivity index (χ3n) is 6.00. The number of nitrogens with zero attached hydrogens (tertiary/aromatic N) is 3. The lowest BCUT2D eigenvalue weighted by Gasteiger charge is -2.18. The maximum absolute atomic E-state index is 13.3. The highest BCUT2D eigenvalue weighted by Crippen LogP contribution is 2.37. The van der Waals surface area contributed by atoms with Gasteiger partial charge in [-0.2, -0.15) is 5.10 Å². The van der Waals surface area contributed by atoms with E-state index >= 15 is 0 Å². The summed E-state index contributed by atoms with van der Waals surface area (Å²) >= 11 is 13.4. The molecule has 9 heteroatoms. The molecule has 5 rings (SSSR count). The number of ether oxygens (including phenoxy) is 2. The van der Waals surface area contributed by atoms with E-state index in [-0.39, 0.29) is 12.0 Å². The molecule has 2 aliphatic heterocycles. The molecule has 2 saturated heterocycles. The minimum Gasteiger partial charge on any atom is -0.492 e. The van der Waals surface area contributed by atoms with Crippen LogP contribution in [-0.2, 0) is 9.53 Å². The molecule has 1 amide bonds. The van der Waals surface area contributed by atoms with Crippen molar-refractivity contribution in [3.05, 3.63) is 70.2 Å². The molecular weight excluding hydrogens is 514 g/mol. The molecule has 1 unspecified atom stereocenters. The van der Waals surface area contributed by atoms with Gasteiger partial charge in [-0.3, -0.25) is 9.69 Å². The van der Waals surface area contributed by atoms with Gasteiger partial charge in [0.25, 0.3) is 5.91 Å². The van der Waals surface area contributed by atoms with Crippen LogP contribution in [0.2, 0.25) is 5.02 Å². The van der Waals surface area contributed by atoms with Crippen LogP contribution in [0.1, 0.15) is 31.7 Å². The summed E-state index contributed by atoms with van der Waals surface area (Å²) in [6.07, 6.45) is 6.69. The fraction of sp³-hybridized carbons (Fsp3) is 0.296. The standard InChI is InChI=1S/C27H26ClN3O3S2/c1-2-12-34-23-11-10-18(14-22(23)28)25-19(16-31(29-25)20-7-4-3-5-8-20)15-24-26(32)30(27(35)36-24)17-21-9-6-13-33-21/h3-5,7-8,10-11,14-16,21H,2,6,9,12-13,17H2,1H3/b24-15-. The van der Waals surface area contributed by atoms with Gasteiger partial charge in [0.2, 0.25) is 0 Å². The van der Waals surface area contributed by atoms with Gasteiger partial charge in [0.05, 0.1) is 34.9 Å². The van der Waals surface area contributed by atoms with Crippen molar-refractivity contribution >= 4 is 51.9 Å². The third kappa shape index (κ3) is 5.37. The van der Waals surface area contributed by atoms with Crippen LogP contribution in [0.4, 0.5) is 0 Å². The molecule has 186 valence electrons. The molecule has 1 aromatic heterocycles. The number of carbonyl (C=O) groups is 1. The number of halogens is 1. The topological polar surface area (TPSA) is 56.6 Å². The van der Waals surface area contributed by atoms with Crippen molar-refractivity contribution in [3.8, 4) is 22.7 Å². The van der Waals surface area contributed by atoms with Crippen molar-refractivity contribution < 1.29 is 14.3 Å². The number of aromatic nitrogens is 2. The maximum Gasteiger partial charge on any atom is 0.266 e. The van der Waals surface area contributed by atoms with Crippen molar-refractivity contribution in [1.82, 2.24) is 14.7 Å². The second kappa shape index (κ2) is 11.2. The minimum atomic E-state index is -0.0970. The Bertz CT molecular complexity index is 1300. The van der Waals surface area contributed by atoms with Crippen molar-refractivity contribution in [3.63, 3.8) is 0 Å². The van der Waals surface area contributed by atoms with E-state index in [9.17, 15) is 4.79 Å². The zero-order valence-electron chi connectivity index (χ0n) is 19.9. The van der Waals surface area contributed by atoms with Crippen molar-refractivity contribution in [1.29, 1.82) is 0 Å². The third-order valence-corrected chi connectivity index (χ3v) is 7.67. The summed E-state index contributed by atoms with van der Waals surface area (Å²) in [6.45, 7) is 3.88.